The summed E-state index contributed by atoms with van der Waals surface area (Å²) in [6.45, 7) is 5.80. The van der Waals surface area contributed by atoms with Crippen molar-refractivity contribution in [3.63, 3.8) is 0 Å². The molecule has 1 rings (SSSR count). The van der Waals surface area contributed by atoms with Gasteiger partial charge in [0.25, 0.3) is 11.8 Å². The number of amides is 2. The number of rotatable bonds is 12. The van der Waals surface area contributed by atoms with Gasteiger partial charge < -0.3 is 10.1 Å². The number of hydrogen-bond donors (Lipinski definition) is 1. The highest BCUT2D eigenvalue weighted by Crippen LogP contribution is 2.07. The topological polar surface area (TPSA) is 58.6 Å². The Kier molecular flexibility index (Phi) is 9.40. The summed E-state index contributed by atoms with van der Waals surface area (Å²) >= 11 is 0. The minimum absolute atomic E-state index is 0.182. The van der Waals surface area contributed by atoms with Crippen molar-refractivity contribution in [2.75, 3.05) is 32.8 Å². The number of nitrogens with one attached hydrogen (secondary N) is 1. The van der Waals surface area contributed by atoms with Crippen LogP contribution in [-0.4, -0.2) is 49.6 Å². The van der Waals surface area contributed by atoms with Gasteiger partial charge in [0.15, 0.2) is 0 Å². The van der Waals surface area contributed by atoms with Crippen LogP contribution in [0.4, 0.5) is 0 Å². The third-order valence-electron chi connectivity index (χ3n) is 3.21. The standard InChI is InChI=1S/C16H26N2O3/c1-2-21-14-12-17-11-7-5-3-4-6-8-13-18-15(19)9-10-16(18)20/h5,7,9-10,17H,2-4,6,8,11-14H2,1H3. The molecule has 2 amide bonds. The predicted octanol–water partition coefficient (Wildman–Crippen LogP) is 1.65. The zero-order valence-corrected chi connectivity index (χ0v) is 12.8. The van der Waals surface area contributed by atoms with Gasteiger partial charge in [-0.05, 0) is 26.2 Å². The lowest BCUT2D eigenvalue weighted by atomic mass is 10.2. The number of allylic oxidation sites excluding steroid dienone is 1. The Labute approximate surface area is 127 Å². The third kappa shape index (κ3) is 7.78. The van der Waals surface area contributed by atoms with Crippen LogP contribution in [-0.2, 0) is 14.3 Å². The Bertz CT molecular complexity index is 360. The van der Waals surface area contributed by atoms with Crippen molar-refractivity contribution < 1.29 is 14.3 Å². The molecular weight excluding hydrogens is 268 g/mol. The maximum Gasteiger partial charge on any atom is 0.253 e. The van der Waals surface area contributed by atoms with Crippen molar-refractivity contribution in [1.82, 2.24) is 10.2 Å². The van der Waals surface area contributed by atoms with E-state index in [2.05, 4.69) is 17.5 Å². The Morgan fingerprint density at radius 2 is 1.90 bits per heavy atom. The van der Waals surface area contributed by atoms with Crippen LogP contribution in [0, 0.1) is 0 Å². The summed E-state index contributed by atoms with van der Waals surface area (Å²) < 4.78 is 5.22. The number of carbonyl (C=O) groups excluding carboxylic acids is 2. The van der Waals surface area contributed by atoms with Gasteiger partial charge in [0.05, 0.1) is 6.61 Å². The number of hydrogen-bond acceptors (Lipinski definition) is 4. The average Bonchev–Trinajstić information content (AvgIpc) is 2.80. The van der Waals surface area contributed by atoms with Crippen molar-refractivity contribution in [3.8, 4) is 0 Å². The van der Waals surface area contributed by atoms with Crippen LogP contribution in [0.25, 0.3) is 0 Å². The molecule has 0 aliphatic carbocycles. The first-order valence-corrected chi connectivity index (χ1v) is 7.72. The summed E-state index contributed by atoms with van der Waals surface area (Å²) in [6.07, 6.45) is 11.0. The SMILES string of the molecule is CCOCCNCC=CCCCCCN1C(=O)C=CC1=O. The molecule has 118 valence electrons. The molecule has 0 spiro atoms. The van der Waals surface area contributed by atoms with Crippen molar-refractivity contribution in [2.24, 2.45) is 0 Å². The van der Waals surface area contributed by atoms with E-state index in [1.165, 1.54) is 17.1 Å². The summed E-state index contributed by atoms with van der Waals surface area (Å²) in [4.78, 5) is 23.9. The van der Waals surface area contributed by atoms with Crippen molar-refractivity contribution in [2.45, 2.75) is 32.6 Å². The van der Waals surface area contributed by atoms with Gasteiger partial charge in [-0.15, -0.1) is 0 Å². The lowest BCUT2D eigenvalue weighted by Gasteiger charge is -2.12. The lowest BCUT2D eigenvalue weighted by Crippen LogP contribution is -2.30. The zero-order valence-electron chi connectivity index (χ0n) is 12.8. The number of unbranched alkanes of at least 4 members (excludes halogenated alkanes) is 3. The molecule has 0 radical (unpaired) electrons. The van der Waals surface area contributed by atoms with Gasteiger partial charge in [-0.3, -0.25) is 14.5 Å². The first-order valence-electron chi connectivity index (χ1n) is 7.72. The van der Waals surface area contributed by atoms with E-state index < -0.39 is 0 Å². The molecule has 1 aliphatic rings. The molecule has 5 heteroatoms. The van der Waals surface area contributed by atoms with E-state index in [1.54, 1.807) is 0 Å². The van der Waals surface area contributed by atoms with E-state index in [1.807, 2.05) is 6.92 Å². The van der Waals surface area contributed by atoms with Crippen LogP contribution in [0.5, 0.6) is 0 Å². The molecule has 1 N–H and O–H groups in total. The molecule has 1 aliphatic heterocycles. The molecule has 0 saturated heterocycles. The number of ether oxygens (including phenoxy) is 1. The van der Waals surface area contributed by atoms with E-state index in [0.29, 0.717) is 6.54 Å². The van der Waals surface area contributed by atoms with Gasteiger partial charge >= 0.3 is 0 Å². The monoisotopic (exact) mass is 294 g/mol. The highest BCUT2D eigenvalue weighted by atomic mass is 16.5. The van der Waals surface area contributed by atoms with Gasteiger partial charge in [-0.2, -0.15) is 0 Å². The highest BCUT2D eigenvalue weighted by molar-refractivity contribution is 6.12. The quantitative estimate of drug-likeness (QED) is 0.338. The van der Waals surface area contributed by atoms with Gasteiger partial charge in [-0.25, -0.2) is 0 Å². The highest BCUT2D eigenvalue weighted by Gasteiger charge is 2.21. The van der Waals surface area contributed by atoms with E-state index in [0.717, 1.165) is 52.0 Å². The molecule has 0 aromatic carbocycles. The van der Waals surface area contributed by atoms with Gasteiger partial charge in [0, 0.05) is 38.4 Å². The largest absolute Gasteiger partial charge is 0.380 e. The predicted molar refractivity (Wildman–Crippen MR) is 82.8 cm³/mol. The normalized spacial score (nSPS) is 14.8. The number of carbonyl (C=O) groups is 2. The number of imide groups is 1. The van der Waals surface area contributed by atoms with Crippen LogP contribution in [0.3, 0.4) is 0 Å². The molecule has 5 nitrogen and oxygen atoms in total. The maximum atomic E-state index is 11.3. The summed E-state index contributed by atoms with van der Waals surface area (Å²) in [5, 5.41) is 3.27. The lowest BCUT2D eigenvalue weighted by molar-refractivity contribution is -0.136. The second kappa shape index (κ2) is 11.2. The van der Waals surface area contributed by atoms with Crippen LogP contribution in [0.2, 0.25) is 0 Å². The van der Waals surface area contributed by atoms with Crippen LogP contribution < -0.4 is 5.32 Å². The van der Waals surface area contributed by atoms with Crippen LogP contribution >= 0.6 is 0 Å². The van der Waals surface area contributed by atoms with Gasteiger partial charge in [0.2, 0.25) is 0 Å². The maximum absolute atomic E-state index is 11.3. The Morgan fingerprint density at radius 1 is 1.14 bits per heavy atom. The van der Waals surface area contributed by atoms with Crippen molar-refractivity contribution >= 4 is 11.8 Å². The Morgan fingerprint density at radius 3 is 2.62 bits per heavy atom. The summed E-state index contributed by atoms with van der Waals surface area (Å²) in [5.74, 6) is -0.365. The summed E-state index contributed by atoms with van der Waals surface area (Å²) in [7, 11) is 0. The molecule has 0 unspecified atom stereocenters. The van der Waals surface area contributed by atoms with E-state index in [-0.39, 0.29) is 11.8 Å². The molecule has 0 fully saturated rings. The summed E-state index contributed by atoms with van der Waals surface area (Å²) in [6, 6.07) is 0. The van der Waals surface area contributed by atoms with Crippen molar-refractivity contribution in [3.05, 3.63) is 24.3 Å². The minimum atomic E-state index is -0.182. The molecule has 0 bridgehead atoms. The molecular formula is C16H26N2O3. The fourth-order valence-corrected chi connectivity index (χ4v) is 2.04. The molecule has 0 aromatic heterocycles. The molecule has 0 aromatic rings. The van der Waals surface area contributed by atoms with Crippen LogP contribution in [0.1, 0.15) is 32.6 Å². The first-order chi connectivity index (χ1) is 10.3. The smallest absolute Gasteiger partial charge is 0.253 e. The Balaban J connectivity index is 1.88. The van der Waals surface area contributed by atoms with Gasteiger partial charge in [0.1, 0.15) is 0 Å². The second-order valence-corrected chi connectivity index (χ2v) is 4.88. The second-order valence-electron chi connectivity index (χ2n) is 4.88. The summed E-state index contributed by atoms with van der Waals surface area (Å²) in [5.41, 5.74) is 0. The van der Waals surface area contributed by atoms with Gasteiger partial charge in [-0.1, -0.05) is 18.6 Å². The molecule has 0 atom stereocenters. The van der Waals surface area contributed by atoms with E-state index in [4.69, 9.17) is 4.74 Å². The van der Waals surface area contributed by atoms with E-state index in [9.17, 15) is 9.59 Å². The fourth-order valence-electron chi connectivity index (χ4n) is 2.04. The minimum Gasteiger partial charge on any atom is -0.380 e. The Hall–Kier alpha value is -1.46. The zero-order chi connectivity index (χ0) is 15.3. The third-order valence-corrected chi connectivity index (χ3v) is 3.21. The molecule has 0 saturated carbocycles. The average molecular weight is 294 g/mol. The first kappa shape index (κ1) is 17.6. The van der Waals surface area contributed by atoms with E-state index >= 15 is 0 Å². The van der Waals surface area contributed by atoms with Crippen LogP contribution in [0.15, 0.2) is 24.3 Å². The van der Waals surface area contributed by atoms with Crippen molar-refractivity contribution in [1.29, 1.82) is 0 Å². The number of nitrogens with zero attached hydrogens (tertiary/aromatic N) is 1. The molecule has 21 heavy (non-hydrogen) atoms. The fraction of sp³-hybridized carbons (Fsp3) is 0.625. The molecule has 1 heterocycles.